The van der Waals surface area contributed by atoms with Gasteiger partial charge in [0, 0.05) is 42.5 Å². The summed E-state index contributed by atoms with van der Waals surface area (Å²) in [6.45, 7) is 2.57. The molecule has 11 nitrogen and oxygen atoms in total. The van der Waals surface area contributed by atoms with Crippen LogP contribution in [-0.2, 0) is 28.2 Å². The smallest absolute Gasteiger partial charge is 0.349 e. The number of aromatic amines is 1. The van der Waals surface area contributed by atoms with Crippen LogP contribution in [0.15, 0.2) is 88.5 Å². The molecule has 0 aliphatic heterocycles. The molecule has 52 heavy (non-hydrogen) atoms. The van der Waals surface area contributed by atoms with E-state index in [0.29, 0.717) is 45.4 Å². The number of carbonyl (C=O) groups excluding carboxylic acids is 1. The van der Waals surface area contributed by atoms with Crippen molar-refractivity contribution in [3.8, 4) is 5.75 Å². The molecule has 4 aromatic heterocycles. The van der Waals surface area contributed by atoms with Crippen molar-refractivity contribution < 1.29 is 24.9 Å². The summed E-state index contributed by atoms with van der Waals surface area (Å²) in [5, 5.41) is 45.9. The van der Waals surface area contributed by atoms with Gasteiger partial charge in [-0.2, -0.15) is 5.10 Å². The van der Waals surface area contributed by atoms with Gasteiger partial charge in [-0.3, -0.25) is 9.48 Å². The number of thiophene rings is 2. The van der Waals surface area contributed by atoms with Crippen LogP contribution < -0.4 is 10.9 Å². The molecule has 13 heteroatoms. The molecule has 7 rings (SSSR count). The molecule has 4 heterocycles. The largest absolute Gasteiger partial charge is 0.506 e. The van der Waals surface area contributed by atoms with E-state index < -0.39 is 17.7 Å². The zero-order chi connectivity index (χ0) is 36.2. The molecule has 0 radical (unpaired) electrons. The van der Waals surface area contributed by atoms with Crippen LogP contribution in [0.4, 0.5) is 0 Å². The van der Waals surface area contributed by atoms with Crippen LogP contribution in [0.2, 0.25) is 0 Å². The summed E-state index contributed by atoms with van der Waals surface area (Å²) in [6.07, 6.45) is 5.18. The lowest BCUT2D eigenvalue weighted by molar-refractivity contribution is -0.169. The number of fused-ring (bicyclic) bond motifs is 2. The number of aryl methyl sites for hydroxylation is 1. The van der Waals surface area contributed by atoms with E-state index in [4.69, 9.17) is 4.74 Å². The Morgan fingerprint density at radius 1 is 1.08 bits per heavy atom. The normalized spacial score (nSPS) is 17.2. The number of nitrogens with one attached hydrogen (secondary N) is 2. The third kappa shape index (κ3) is 7.56. The van der Waals surface area contributed by atoms with Crippen LogP contribution in [0.1, 0.15) is 59.1 Å². The third-order valence-corrected chi connectivity index (χ3v) is 12.1. The highest BCUT2D eigenvalue weighted by Crippen LogP contribution is 2.38. The number of phenols is 1. The summed E-state index contributed by atoms with van der Waals surface area (Å²) in [7, 11) is 2.16. The molecular weight excluding hydrogens is 699 g/mol. The molecule has 0 spiro atoms. The van der Waals surface area contributed by atoms with Crippen molar-refractivity contribution >= 4 is 50.4 Å². The Bertz CT molecular complexity index is 2140. The number of phenolic OH excluding ortho intramolecular Hbond substituents is 1. The van der Waals surface area contributed by atoms with Gasteiger partial charge in [0.25, 0.3) is 0 Å². The molecule has 6 aromatic rings. The SMILES string of the molecule is CN(CCCn1ncc2cc(CNC[C@H](O)c3ccc(O)c4[nH]c(=O)ccc34)ccc21)[C@H]1CC[C@H](OC(=O)C(O)(c2cccs2)c2cccs2)CC1. The monoisotopic (exact) mass is 741 g/mol. The lowest BCUT2D eigenvalue weighted by Gasteiger charge is -2.35. The van der Waals surface area contributed by atoms with Gasteiger partial charge in [0.05, 0.1) is 33.1 Å². The molecule has 0 saturated heterocycles. The maximum absolute atomic E-state index is 13.4. The van der Waals surface area contributed by atoms with Gasteiger partial charge in [0.15, 0.2) is 0 Å². The highest BCUT2D eigenvalue weighted by molar-refractivity contribution is 7.12. The van der Waals surface area contributed by atoms with E-state index in [2.05, 4.69) is 45.5 Å². The zero-order valence-corrected chi connectivity index (χ0v) is 30.5. The number of aliphatic hydroxyl groups is 2. The number of pyridine rings is 1. The first-order valence-electron chi connectivity index (χ1n) is 17.6. The van der Waals surface area contributed by atoms with Crippen LogP contribution in [-0.4, -0.2) is 73.2 Å². The average molecular weight is 742 g/mol. The van der Waals surface area contributed by atoms with Gasteiger partial charge < -0.3 is 35.3 Å². The van der Waals surface area contributed by atoms with E-state index in [1.54, 1.807) is 24.3 Å². The van der Waals surface area contributed by atoms with E-state index >= 15 is 0 Å². The van der Waals surface area contributed by atoms with Crippen molar-refractivity contribution in [2.75, 3.05) is 20.1 Å². The number of aromatic hydroxyl groups is 1. The Morgan fingerprint density at radius 2 is 1.83 bits per heavy atom. The quantitative estimate of drug-likeness (QED) is 0.0894. The first-order chi connectivity index (χ1) is 25.2. The van der Waals surface area contributed by atoms with Crippen molar-refractivity contribution in [2.24, 2.45) is 0 Å². The Balaban J connectivity index is 0.861. The first kappa shape index (κ1) is 36.0. The summed E-state index contributed by atoms with van der Waals surface area (Å²) >= 11 is 2.71. The molecule has 2 aromatic carbocycles. The highest BCUT2D eigenvalue weighted by atomic mass is 32.1. The summed E-state index contributed by atoms with van der Waals surface area (Å²) in [6, 6.07) is 20.1. The number of hydrogen-bond donors (Lipinski definition) is 5. The molecule has 1 fully saturated rings. The van der Waals surface area contributed by atoms with E-state index in [-0.39, 0.29) is 17.4 Å². The summed E-state index contributed by atoms with van der Waals surface area (Å²) in [5.74, 6) is -0.629. The fourth-order valence-electron chi connectivity index (χ4n) is 7.22. The molecule has 0 unspecified atom stereocenters. The minimum atomic E-state index is -1.77. The lowest BCUT2D eigenvalue weighted by atomic mass is 9.91. The number of ether oxygens (including phenoxy) is 1. The molecule has 1 aliphatic carbocycles. The van der Waals surface area contributed by atoms with Crippen molar-refractivity contribution in [2.45, 2.75) is 69.0 Å². The van der Waals surface area contributed by atoms with Gasteiger partial charge in [-0.15, -0.1) is 22.7 Å². The minimum absolute atomic E-state index is 0.0345. The van der Waals surface area contributed by atoms with Crippen LogP contribution in [0.5, 0.6) is 5.75 Å². The number of H-pyrrole nitrogens is 1. The second-order valence-electron chi connectivity index (χ2n) is 13.5. The highest BCUT2D eigenvalue weighted by Gasteiger charge is 2.45. The van der Waals surface area contributed by atoms with Gasteiger partial charge in [0.1, 0.15) is 11.9 Å². The topological polar surface area (TPSA) is 153 Å². The molecule has 272 valence electrons. The van der Waals surface area contributed by atoms with Crippen molar-refractivity contribution in [1.82, 2.24) is 25.0 Å². The molecule has 5 N–H and O–H groups in total. The zero-order valence-electron chi connectivity index (χ0n) is 28.9. The molecule has 0 bridgehead atoms. The Hall–Kier alpha value is -4.37. The van der Waals surface area contributed by atoms with Crippen LogP contribution >= 0.6 is 22.7 Å². The molecule has 1 atom stereocenters. The lowest BCUT2D eigenvalue weighted by Crippen LogP contribution is -2.42. The summed E-state index contributed by atoms with van der Waals surface area (Å²) in [4.78, 5) is 31.3. The van der Waals surface area contributed by atoms with Gasteiger partial charge in [0.2, 0.25) is 11.2 Å². The number of aliphatic hydroxyl groups excluding tert-OH is 1. The summed E-state index contributed by atoms with van der Waals surface area (Å²) in [5.41, 5.74) is 1.00. The number of esters is 1. The molecule has 1 saturated carbocycles. The van der Waals surface area contributed by atoms with Gasteiger partial charge >= 0.3 is 5.97 Å². The Labute approximate surface area is 309 Å². The Morgan fingerprint density at radius 3 is 2.54 bits per heavy atom. The maximum atomic E-state index is 13.4. The number of aromatic nitrogens is 3. The molecule has 1 aliphatic rings. The fraction of sp³-hybridized carbons (Fsp3) is 0.359. The van der Waals surface area contributed by atoms with Crippen LogP contribution in [0.25, 0.3) is 21.8 Å². The molecule has 0 amide bonds. The van der Waals surface area contributed by atoms with Crippen molar-refractivity contribution in [3.63, 3.8) is 0 Å². The van der Waals surface area contributed by atoms with Gasteiger partial charge in [-0.1, -0.05) is 24.3 Å². The van der Waals surface area contributed by atoms with Crippen molar-refractivity contribution in [3.05, 3.63) is 115 Å². The fourth-order valence-corrected chi connectivity index (χ4v) is 8.94. The second-order valence-corrected chi connectivity index (χ2v) is 15.4. The number of rotatable bonds is 14. The first-order valence-corrected chi connectivity index (χ1v) is 19.4. The van der Waals surface area contributed by atoms with Crippen LogP contribution in [0, 0.1) is 0 Å². The third-order valence-electron chi connectivity index (χ3n) is 10.1. The predicted octanol–water partition coefficient (Wildman–Crippen LogP) is 5.64. The minimum Gasteiger partial charge on any atom is -0.506 e. The number of benzene rings is 2. The van der Waals surface area contributed by atoms with Gasteiger partial charge in [-0.05, 0) is 104 Å². The second kappa shape index (κ2) is 15.7. The Kier molecular flexibility index (Phi) is 10.9. The average Bonchev–Trinajstić information content (AvgIpc) is 3.96. The molecular formula is C39H43N5O6S2. The van der Waals surface area contributed by atoms with E-state index in [1.807, 2.05) is 33.8 Å². The predicted molar refractivity (Wildman–Crippen MR) is 204 cm³/mol. The van der Waals surface area contributed by atoms with E-state index in [9.17, 15) is 24.9 Å². The van der Waals surface area contributed by atoms with Gasteiger partial charge in [-0.25, -0.2) is 4.79 Å². The summed E-state index contributed by atoms with van der Waals surface area (Å²) < 4.78 is 7.99. The number of hydrogen-bond acceptors (Lipinski definition) is 11. The van der Waals surface area contributed by atoms with Crippen molar-refractivity contribution in [1.29, 1.82) is 0 Å². The van der Waals surface area contributed by atoms with Crippen LogP contribution in [0.3, 0.4) is 0 Å². The number of nitrogens with zero attached hydrogens (tertiary/aromatic N) is 3. The number of carbonyl (C=O) groups is 1. The van der Waals surface area contributed by atoms with E-state index in [0.717, 1.165) is 61.7 Å². The standard InChI is InChI=1S/C39H43N5O6S2/c1-43(27-8-10-28(11-9-27)50-38(48)39(49,34-5-2-19-51-34)35-6-3-20-52-35)17-4-18-44-31-14-7-25(21-26(31)23-41-44)22-40-24-33(46)29-12-15-32(45)37-30(29)13-16-36(47)42-37/h2-3,5-7,12-16,19-21,23,27-28,33,40,45-46,49H,4,8-11,17-18,22,24H2,1H3,(H,42,47)/t27-,28-,33-/m0/s1. The van der Waals surface area contributed by atoms with E-state index in [1.165, 1.54) is 34.8 Å². The maximum Gasteiger partial charge on any atom is 0.349 e.